The van der Waals surface area contributed by atoms with Crippen molar-refractivity contribution in [2.24, 2.45) is 0 Å². The summed E-state index contributed by atoms with van der Waals surface area (Å²) in [6, 6.07) is 6.50. The van der Waals surface area contributed by atoms with Crippen LogP contribution in [0.5, 0.6) is 0 Å². The maximum atomic E-state index is 6.33. The van der Waals surface area contributed by atoms with Crippen molar-refractivity contribution in [3.63, 3.8) is 0 Å². The van der Waals surface area contributed by atoms with Gasteiger partial charge in [-0.25, -0.2) is 4.98 Å². The second-order valence-electron chi connectivity index (χ2n) is 6.39. The Hall–Kier alpha value is -2.80. The average Bonchev–Trinajstić information content (AvgIpc) is 3.17. The van der Waals surface area contributed by atoms with E-state index in [1.807, 2.05) is 18.2 Å². The molecule has 7 nitrogen and oxygen atoms in total. The number of H-pyrrole nitrogens is 3. The number of hydrogen-bond acceptors (Lipinski definition) is 4. The first-order chi connectivity index (χ1) is 12.3. The van der Waals surface area contributed by atoms with Crippen LogP contribution in [-0.4, -0.2) is 26.2 Å². The van der Waals surface area contributed by atoms with Crippen molar-refractivity contribution in [3.05, 3.63) is 35.6 Å². The molecule has 0 aliphatic heterocycles. The molecule has 3 aromatic heterocycles. The van der Waals surface area contributed by atoms with Gasteiger partial charge in [-0.05, 0) is 37.5 Å². The van der Waals surface area contributed by atoms with E-state index >= 15 is 0 Å². The molecule has 25 heavy (non-hydrogen) atoms. The number of fused-ring (bicyclic) bond motifs is 2. The molecule has 1 saturated carbocycles. The first-order valence-corrected chi connectivity index (χ1v) is 8.71. The molecule has 0 radical (unpaired) electrons. The Balaban J connectivity index is 1.53. The highest BCUT2D eigenvalue weighted by molar-refractivity contribution is 6.36. The van der Waals surface area contributed by atoms with Crippen LogP contribution in [0, 0.1) is 0 Å². The quantitative estimate of drug-likeness (QED) is 0.450. The second kappa shape index (κ2) is 5.63. The summed E-state index contributed by atoms with van der Waals surface area (Å²) in [5, 5.41) is 16.5. The van der Waals surface area contributed by atoms with Crippen LogP contribution >= 0.6 is 11.6 Å². The first-order valence-electron chi connectivity index (χ1n) is 8.33. The van der Waals surface area contributed by atoms with Gasteiger partial charge in [0, 0.05) is 11.6 Å². The summed E-state index contributed by atoms with van der Waals surface area (Å²) in [4.78, 5) is 11.1. The normalized spacial score (nSPS) is 14.8. The van der Waals surface area contributed by atoms with E-state index in [0.717, 1.165) is 33.4 Å². The number of nitrogens with zero attached hydrogens (tertiary/aromatic N) is 2. The fourth-order valence-corrected chi connectivity index (χ4v) is 3.35. The van der Waals surface area contributed by atoms with Crippen molar-refractivity contribution in [2.75, 3.05) is 10.6 Å². The Bertz CT molecular complexity index is 1060. The van der Waals surface area contributed by atoms with E-state index in [9.17, 15) is 0 Å². The molecule has 0 atom stereocenters. The Morgan fingerprint density at radius 3 is 3.04 bits per heavy atom. The molecule has 5 N–H and O–H groups in total. The Kier molecular flexibility index (Phi) is 3.27. The third kappa shape index (κ3) is 2.56. The van der Waals surface area contributed by atoms with Crippen LogP contribution in [0.2, 0.25) is 5.02 Å². The van der Waals surface area contributed by atoms with E-state index in [4.69, 9.17) is 11.6 Å². The highest BCUT2D eigenvalue weighted by Crippen LogP contribution is 2.30. The van der Waals surface area contributed by atoms with Crippen molar-refractivity contribution in [2.45, 2.75) is 25.3 Å². The van der Waals surface area contributed by atoms with Crippen molar-refractivity contribution in [3.8, 4) is 0 Å². The van der Waals surface area contributed by atoms with Crippen LogP contribution in [-0.2, 0) is 0 Å². The molecule has 0 spiro atoms. The summed E-state index contributed by atoms with van der Waals surface area (Å²) in [5.41, 5.74) is 2.64. The van der Waals surface area contributed by atoms with Crippen LogP contribution in [0.4, 0.5) is 17.5 Å². The van der Waals surface area contributed by atoms with E-state index in [1.54, 1.807) is 12.4 Å². The molecule has 3 heterocycles. The summed E-state index contributed by atoms with van der Waals surface area (Å²) < 4.78 is 0. The zero-order valence-corrected chi connectivity index (χ0v) is 14.1. The molecule has 0 amide bonds. The summed E-state index contributed by atoms with van der Waals surface area (Å²) in [6.45, 7) is 0. The standard InChI is InChI=1S/C17H16ClN7/c18-12-8-19-15-14(12)16(21-10-2-1-3-10)24-17(23-15)22-11-5-4-9-7-20-25-13(9)6-11/h4-8,10H,1-3H2,(H,20,25)(H3,19,21,22,23,24)/p+1. The van der Waals surface area contributed by atoms with Gasteiger partial charge in [0.05, 0.1) is 28.5 Å². The van der Waals surface area contributed by atoms with Gasteiger partial charge < -0.3 is 10.3 Å². The van der Waals surface area contributed by atoms with Gasteiger partial charge in [0.1, 0.15) is 5.39 Å². The molecule has 1 aliphatic rings. The molecule has 1 aromatic carbocycles. The van der Waals surface area contributed by atoms with Crippen molar-refractivity contribution >= 4 is 51.0 Å². The molecule has 1 fully saturated rings. The Morgan fingerprint density at radius 2 is 2.20 bits per heavy atom. The first kappa shape index (κ1) is 14.5. The zero-order chi connectivity index (χ0) is 16.8. The number of nitrogens with one attached hydrogen (secondary N) is 5. The van der Waals surface area contributed by atoms with E-state index < -0.39 is 0 Å². The molecule has 4 aromatic rings. The maximum absolute atomic E-state index is 6.33. The van der Waals surface area contributed by atoms with Gasteiger partial charge in [-0.15, -0.1) is 0 Å². The van der Waals surface area contributed by atoms with Gasteiger partial charge in [0.25, 0.3) is 0 Å². The van der Waals surface area contributed by atoms with Crippen LogP contribution in [0.15, 0.2) is 30.6 Å². The number of anilines is 3. The highest BCUT2D eigenvalue weighted by Gasteiger charge is 2.24. The van der Waals surface area contributed by atoms with Crippen molar-refractivity contribution in [1.29, 1.82) is 0 Å². The zero-order valence-electron chi connectivity index (χ0n) is 13.4. The van der Waals surface area contributed by atoms with E-state index in [1.165, 1.54) is 19.3 Å². The molecule has 0 bridgehead atoms. The Morgan fingerprint density at radius 1 is 1.28 bits per heavy atom. The molecule has 0 saturated heterocycles. The molecule has 0 unspecified atom stereocenters. The maximum Gasteiger partial charge on any atom is 0.351 e. The van der Waals surface area contributed by atoms with Crippen LogP contribution < -0.4 is 15.6 Å². The second-order valence-corrected chi connectivity index (χ2v) is 6.80. The number of benzene rings is 1. The third-order valence-electron chi connectivity index (χ3n) is 4.69. The number of aromatic amines is 3. The topological polar surface area (TPSA) is 95.6 Å². The van der Waals surface area contributed by atoms with Gasteiger partial charge in [-0.1, -0.05) is 16.6 Å². The fourth-order valence-electron chi connectivity index (χ4n) is 3.11. The lowest BCUT2D eigenvalue weighted by Crippen LogP contribution is -2.31. The molecule has 8 heteroatoms. The van der Waals surface area contributed by atoms with Gasteiger partial charge >= 0.3 is 5.95 Å². The third-order valence-corrected chi connectivity index (χ3v) is 4.98. The molecule has 1 aliphatic carbocycles. The summed E-state index contributed by atoms with van der Waals surface area (Å²) >= 11 is 6.33. The number of hydrogen-bond donors (Lipinski definition) is 4. The van der Waals surface area contributed by atoms with E-state index in [0.29, 0.717) is 17.0 Å². The largest absolute Gasteiger partial charge is 0.351 e. The fraction of sp³-hybridized carbons (Fsp3) is 0.235. The molecule has 5 rings (SSSR count). The molecular formula is C17H17ClN7+. The van der Waals surface area contributed by atoms with Gasteiger partial charge in [-0.2, -0.15) is 5.10 Å². The molecular weight excluding hydrogens is 338 g/mol. The summed E-state index contributed by atoms with van der Waals surface area (Å²) in [6.07, 6.45) is 7.19. The van der Waals surface area contributed by atoms with Crippen molar-refractivity contribution in [1.82, 2.24) is 20.2 Å². The highest BCUT2D eigenvalue weighted by atomic mass is 35.5. The van der Waals surface area contributed by atoms with E-state index in [2.05, 4.69) is 35.8 Å². The Labute approximate surface area is 148 Å². The minimum atomic E-state index is 0.488. The van der Waals surface area contributed by atoms with Crippen molar-refractivity contribution < 1.29 is 4.98 Å². The smallest absolute Gasteiger partial charge is 0.334 e. The summed E-state index contributed by atoms with van der Waals surface area (Å²) in [7, 11) is 0. The van der Waals surface area contributed by atoms with Gasteiger partial charge in [0.2, 0.25) is 11.5 Å². The lowest BCUT2D eigenvalue weighted by molar-refractivity contribution is -0.346. The lowest BCUT2D eigenvalue weighted by atomic mass is 9.93. The van der Waals surface area contributed by atoms with Gasteiger partial charge in [0.15, 0.2) is 0 Å². The van der Waals surface area contributed by atoms with Crippen LogP contribution in [0.1, 0.15) is 19.3 Å². The minimum Gasteiger partial charge on any atom is -0.334 e. The van der Waals surface area contributed by atoms with Gasteiger partial charge in [-0.3, -0.25) is 10.4 Å². The number of rotatable bonds is 4. The van der Waals surface area contributed by atoms with E-state index in [-0.39, 0.29) is 0 Å². The van der Waals surface area contributed by atoms with Crippen LogP contribution in [0.25, 0.3) is 21.9 Å². The predicted octanol–water partition coefficient (Wildman–Crippen LogP) is 3.61. The lowest BCUT2D eigenvalue weighted by Gasteiger charge is -2.24. The number of halogens is 1. The SMILES string of the molecule is Clc1c[nH]c2nc(Nc3ccc4cn[nH]c4c3)[nH+]c(NC3CCC3)c12. The van der Waals surface area contributed by atoms with Crippen LogP contribution in [0.3, 0.4) is 0 Å². The number of aromatic nitrogens is 5. The predicted molar refractivity (Wildman–Crippen MR) is 98.3 cm³/mol. The monoisotopic (exact) mass is 354 g/mol. The summed E-state index contributed by atoms with van der Waals surface area (Å²) in [5.74, 6) is 1.54. The minimum absolute atomic E-state index is 0.488. The average molecular weight is 355 g/mol. The molecule has 126 valence electrons.